The number of hydrogen-bond acceptors (Lipinski definition) is 5. The Morgan fingerprint density at radius 1 is 1.21 bits per heavy atom. The van der Waals surface area contributed by atoms with E-state index >= 15 is 0 Å². The third-order valence-electron chi connectivity index (χ3n) is 4.36. The van der Waals surface area contributed by atoms with Crippen LogP contribution in [0.25, 0.3) is 0 Å². The van der Waals surface area contributed by atoms with Gasteiger partial charge in [-0.05, 0) is 44.5 Å². The fraction of sp³-hybridized carbons (Fsp3) is 0.444. The zero-order chi connectivity index (χ0) is 17.2. The Bertz CT molecular complexity index is 618. The van der Waals surface area contributed by atoms with Crippen LogP contribution < -0.4 is 4.90 Å². The van der Waals surface area contributed by atoms with Gasteiger partial charge in [-0.15, -0.1) is 0 Å². The van der Waals surface area contributed by atoms with Crippen molar-refractivity contribution in [2.75, 3.05) is 18.4 Å². The molecule has 1 aromatic rings. The molecule has 1 aliphatic carbocycles. The summed E-state index contributed by atoms with van der Waals surface area (Å²) in [4.78, 5) is 24.0. The van der Waals surface area contributed by atoms with Gasteiger partial charge >= 0.3 is 0 Å². The van der Waals surface area contributed by atoms with Gasteiger partial charge in [-0.2, -0.15) is 9.78 Å². The van der Waals surface area contributed by atoms with E-state index in [1.165, 1.54) is 12.1 Å². The highest BCUT2D eigenvalue weighted by Gasteiger charge is 2.47. The van der Waals surface area contributed by atoms with E-state index in [9.17, 15) is 4.39 Å². The maximum atomic E-state index is 13.0. The Morgan fingerprint density at radius 3 is 2.42 bits per heavy atom. The van der Waals surface area contributed by atoms with E-state index in [0.717, 1.165) is 23.3 Å². The summed E-state index contributed by atoms with van der Waals surface area (Å²) in [5.41, 5.74) is 2.84. The van der Waals surface area contributed by atoms with Crippen LogP contribution in [-0.4, -0.2) is 19.2 Å². The van der Waals surface area contributed by atoms with Gasteiger partial charge in [-0.25, -0.2) is 14.2 Å². The lowest BCUT2D eigenvalue weighted by molar-refractivity contribution is -0.532. The molecule has 0 bridgehead atoms. The molecule has 0 saturated carbocycles. The first kappa shape index (κ1) is 17.1. The second-order valence-corrected chi connectivity index (χ2v) is 6.35. The van der Waals surface area contributed by atoms with Gasteiger partial charge < -0.3 is 4.90 Å². The summed E-state index contributed by atoms with van der Waals surface area (Å²) >= 11 is 0. The number of nitrogens with zero attached hydrogens (tertiary/aromatic N) is 1. The molecule has 1 spiro atoms. The van der Waals surface area contributed by atoms with E-state index in [4.69, 9.17) is 19.6 Å². The number of rotatable bonds is 2. The molecule has 0 amide bonds. The van der Waals surface area contributed by atoms with E-state index in [0.29, 0.717) is 6.42 Å². The van der Waals surface area contributed by atoms with Gasteiger partial charge in [0.2, 0.25) is 5.79 Å². The van der Waals surface area contributed by atoms with E-state index in [2.05, 4.69) is 12.7 Å². The van der Waals surface area contributed by atoms with Crippen LogP contribution in [0.5, 0.6) is 0 Å². The van der Waals surface area contributed by atoms with E-state index in [-0.39, 0.29) is 25.2 Å². The number of benzene rings is 1. The van der Waals surface area contributed by atoms with Crippen LogP contribution in [0.2, 0.25) is 0 Å². The molecular formula is C18H22FNO4. The van der Waals surface area contributed by atoms with Crippen molar-refractivity contribution >= 4 is 5.69 Å². The molecule has 1 saturated heterocycles. The van der Waals surface area contributed by atoms with Crippen LogP contribution in [0.15, 0.2) is 48.1 Å². The lowest BCUT2D eigenvalue weighted by Gasteiger charge is -2.42. The predicted molar refractivity (Wildman–Crippen MR) is 87.0 cm³/mol. The zero-order valence-corrected chi connectivity index (χ0v) is 14.0. The minimum absolute atomic E-state index is 0.0569. The highest BCUT2D eigenvalue weighted by Crippen LogP contribution is 2.42. The molecule has 1 heterocycles. The smallest absolute Gasteiger partial charge is 0.244 e. The van der Waals surface area contributed by atoms with Gasteiger partial charge in [0, 0.05) is 18.0 Å². The van der Waals surface area contributed by atoms with Crippen LogP contribution in [0, 0.1) is 11.7 Å². The first-order chi connectivity index (χ1) is 11.5. The van der Waals surface area contributed by atoms with Crippen LogP contribution in [0.1, 0.15) is 26.7 Å². The SMILES string of the molecule is C=C(C)[C@H]1CC=C(C)CC12OOCN(c1ccc(F)cc1)COO2. The standard InChI is InChI=1S/C18H22FNO4/c1-13(2)17-9-4-14(3)10-18(17)23-21-11-20(12-22-24-18)16-7-5-15(19)6-8-16/h4-8,17H,1,9-12H2,2-3H3/t17-/m1/s1. The summed E-state index contributed by atoms with van der Waals surface area (Å²) in [5, 5.41) is 0. The fourth-order valence-electron chi connectivity index (χ4n) is 3.07. The molecule has 1 fully saturated rings. The van der Waals surface area contributed by atoms with E-state index < -0.39 is 5.79 Å². The lowest BCUT2D eigenvalue weighted by Crippen LogP contribution is -2.49. The van der Waals surface area contributed by atoms with Crippen molar-refractivity contribution in [3.05, 3.63) is 53.9 Å². The van der Waals surface area contributed by atoms with Gasteiger partial charge in [0.15, 0.2) is 13.5 Å². The lowest BCUT2D eigenvalue weighted by atomic mass is 9.80. The molecule has 0 unspecified atom stereocenters. The van der Waals surface area contributed by atoms with Gasteiger partial charge in [0.1, 0.15) is 5.82 Å². The third-order valence-corrected chi connectivity index (χ3v) is 4.36. The van der Waals surface area contributed by atoms with Gasteiger partial charge in [-0.3, -0.25) is 0 Å². The monoisotopic (exact) mass is 335 g/mol. The average molecular weight is 335 g/mol. The minimum Gasteiger partial charge on any atom is -0.320 e. The quantitative estimate of drug-likeness (QED) is 0.601. The maximum absolute atomic E-state index is 13.0. The van der Waals surface area contributed by atoms with Crippen LogP contribution >= 0.6 is 0 Å². The molecule has 0 radical (unpaired) electrons. The molecule has 0 aromatic heterocycles. The van der Waals surface area contributed by atoms with Crippen molar-refractivity contribution < 1.29 is 23.9 Å². The van der Waals surface area contributed by atoms with Gasteiger partial charge in [0.05, 0.1) is 0 Å². The number of allylic oxidation sites excluding steroid dienone is 1. The Labute approximate surface area is 141 Å². The molecule has 2 aliphatic rings. The third kappa shape index (κ3) is 3.52. The van der Waals surface area contributed by atoms with Crippen LogP contribution in [-0.2, 0) is 19.6 Å². The summed E-state index contributed by atoms with van der Waals surface area (Å²) in [6.45, 7) is 8.28. The molecule has 6 heteroatoms. The van der Waals surface area contributed by atoms with Gasteiger partial charge in [0.25, 0.3) is 0 Å². The molecule has 24 heavy (non-hydrogen) atoms. The average Bonchev–Trinajstić information content (AvgIpc) is 2.52. The van der Waals surface area contributed by atoms with Crippen molar-refractivity contribution in [1.29, 1.82) is 0 Å². The Kier molecular flexibility index (Phi) is 5.01. The van der Waals surface area contributed by atoms with Crippen molar-refractivity contribution in [2.24, 2.45) is 5.92 Å². The summed E-state index contributed by atoms with van der Waals surface area (Å²) in [6, 6.07) is 6.04. The van der Waals surface area contributed by atoms with Gasteiger partial charge in [-0.1, -0.05) is 23.8 Å². The van der Waals surface area contributed by atoms with Crippen LogP contribution in [0.3, 0.4) is 0 Å². The highest BCUT2D eigenvalue weighted by molar-refractivity contribution is 5.45. The second-order valence-electron chi connectivity index (χ2n) is 6.35. The first-order valence-corrected chi connectivity index (χ1v) is 7.93. The molecular weight excluding hydrogens is 313 g/mol. The molecule has 130 valence electrons. The van der Waals surface area contributed by atoms with E-state index in [1.54, 1.807) is 17.0 Å². The van der Waals surface area contributed by atoms with Crippen molar-refractivity contribution in [3.63, 3.8) is 0 Å². The summed E-state index contributed by atoms with van der Waals surface area (Å²) in [6.07, 6.45) is 3.46. The Balaban J connectivity index is 1.72. The van der Waals surface area contributed by atoms with Crippen molar-refractivity contribution in [1.82, 2.24) is 0 Å². The largest absolute Gasteiger partial charge is 0.320 e. The molecule has 1 atom stereocenters. The first-order valence-electron chi connectivity index (χ1n) is 7.93. The zero-order valence-electron chi connectivity index (χ0n) is 14.0. The van der Waals surface area contributed by atoms with Crippen molar-refractivity contribution in [2.45, 2.75) is 32.5 Å². The number of halogens is 1. The minimum atomic E-state index is -1.03. The summed E-state index contributed by atoms with van der Waals surface area (Å²) < 4.78 is 13.0. The fourth-order valence-corrected chi connectivity index (χ4v) is 3.07. The molecule has 5 nitrogen and oxygen atoms in total. The molecule has 1 aliphatic heterocycles. The molecule has 0 N–H and O–H groups in total. The molecule has 1 aromatic carbocycles. The maximum Gasteiger partial charge on any atom is 0.244 e. The Morgan fingerprint density at radius 2 is 1.83 bits per heavy atom. The van der Waals surface area contributed by atoms with Crippen LogP contribution in [0.4, 0.5) is 10.1 Å². The summed E-state index contributed by atoms with van der Waals surface area (Å²) in [7, 11) is 0. The Hall–Kier alpha value is -1.73. The topological polar surface area (TPSA) is 40.2 Å². The second kappa shape index (κ2) is 7.03. The predicted octanol–water partition coefficient (Wildman–Crippen LogP) is 4.09. The normalized spacial score (nSPS) is 24.2. The highest BCUT2D eigenvalue weighted by atomic mass is 19.1. The number of anilines is 1. The van der Waals surface area contributed by atoms with E-state index in [1.807, 2.05) is 13.8 Å². The van der Waals surface area contributed by atoms with Crippen molar-refractivity contribution in [3.8, 4) is 0 Å². The summed E-state index contributed by atoms with van der Waals surface area (Å²) in [5.74, 6) is -1.38. The number of hydrogen-bond donors (Lipinski definition) is 0. The molecule has 3 rings (SSSR count).